The molecule has 2 rings (SSSR count). The van der Waals surface area contributed by atoms with E-state index in [1.54, 1.807) is 6.07 Å². The molecule has 3 N–H and O–H groups in total. The van der Waals surface area contributed by atoms with Crippen molar-refractivity contribution in [3.05, 3.63) is 17.2 Å². The third-order valence-corrected chi connectivity index (χ3v) is 4.29. The van der Waals surface area contributed by atoms with Gasteiger partial charge in [0.2, 0.25) is 5.91 Å². The van der Waals surface area contributed by atoms with Crippen molar-refractivity contribution < 1.29 is 4.79 Å². The molecule has 4 nitrogen and oxygen atoms in total. The lowest BCUT2D eigenvalue weighted by Crippen LogP contribution is -2.37. The van der Waals surface area contributed by atoms with E-state index in [0.29, 0.717) is 28.9 Å². The molecule has 0 spiro atoms. The van der Waals surface area contributed by atoms with Crippen LogP contribution in [-0.2, 0) is 4.79 Å². The Bertz CT molecular complexity index is 518. The number of amides is 1. The molecule has 0 unspecified atom stereocenters. The summed E-state index contributed by atoms with van der Waals surface area (Å²) >= 11 is 6.21. The molecule has 1 aromatic rings. The third kappa shape index (κ3) is 3.82. The molecule has 1 amide bonds. The Labute approximate surface area is 131 Å². The van der Waals surface area contributed by atoms with Gasteiger partial charge in [0.1, 0.15) is 0 Å². The first-order valence-corrected chi connectivity index (χ1v) is 8.06. The summed E-state index contributed by atoms with van der Waals surface area (Å²) in [4.78, 5) is 14.1. The summed E-state index contributed by atoms with van der Waals surface area (Å²) in [6.45, 7) is 5.18. The summed E-state index contributed by atoms with van der Waals surface area (Å²) in [5, 5.41) is 3.37. The van der Waals surface area contributed by atoms with Gasteiger partial charge in [-0.25, -0.2) is 0 Å². The summed E-state index contributed by atoms with van der Waals surface area (Å²) in [5.41, 5.74) is 8.42. The van der Waals surface area contributed by atoms with E-state index in [0.717, 1.165) is 18.7 Å². The quantitative estimate of drug-likeness (QED) is 0.825. The number of nitrogens with two attached hydrogens (primary N) is 1. The highest BCUT2D eigenvalue weighted by molar-refractivity contribution is 6.34. The van der Waals surface area contributed by atoms with E-state index < -0.39 is 0 Å². The van der Waals surface area contributed by atoms with Gasteiger partial charge in [-0.05, 0) is 44.7 Å². The van der Waals surface area contributed by atoms with E-state index in [-0.39, 0.29) is 5.91 Å². The highest BCUT2D eigenvalue weighted by atomic mass is 35.5. The van der Waals surface area contributed by atoms with E-state index in [9.17, 15) is 4.79 Å². The zero-order chi connectivity index (χ0) is 15.4. The van der Waals surface area contributed by atoms with Crippen LogP contribution in [0.3, 0.4) is 0 Å². The summed E-state index contributed by atoms with van der Waals surface area (Å²) in [7, 11) is 0. The molecular weight excluding hydrogens is 286 g/mol. The van der Waals surface area contributed by atoms with Crippen molar-refractivity contribution in [3.63, 3.8) is 0 Å². The van der Waals surface area contributed by atoms with Gasteiger partial charge in [0.15, 0.2) is 0 Å². The van der Waals surface area contributed by atoms with Gasteiger partial charge < -0.3 is 16.0 Å². The molecule has 0 bridgehead atoms. The van der Waals surface area contributed by atoms with Gasteiger partial charge >= 0.3 is 0 Å². The Morgan fingerprint density at radius 1 is 1.48 bits per heavy atom. The molecule has 0 radical (unpaired) electrons. The highest BCUT2D eigenvalue weighted by Gasteiger charge is 2.21. The summed E-state index contributed by atoms with van der Waals surface area (Å²) in [6.07, 6.45) is 4.90. The van der Waals surface area contributed by atoms with Crippen molar-refractivity contribution in [2.75, 3.05) is 22.5 Å². The smallest absolute Gasteiger partial charge is 0.224 e. The predicted molar refractivity (Wildman–Crippen MR) is 90.1 cm³/mol. The number of nitrogens with one attached hydrogen (secondary N) is 1. The van der Waals surface area contributed by atoms with Crippen LogP contribution in [0.2, 0.25) is 5.02 Å². The minimum absolute atomic E-state index is 0.0122. The van der Waals surface area contributed by atoms with Crippen LogP contribution in [0.15, 0.2) is 12.1 Å². The Kier molecular flexibility index (Phi) is 5.34. The molecule has 116 valence electrons. The number of nitrogens with zero attached hydrogens (tertiary/aromatic N) is 1. The zero-order valence-corrected chi connectivity index (χ0v) is 13.5. The molecule has 1 fully saturated rings. The van der Waals surface area contributed by atoms with Crippen molar-refractivity contribution in [1.82, 2.24) is 0 Å². The van der Waals surface area contributed by atoms with Crippen molar-refractivity contribution in [2.24, 2.45) is 0 Å². The van der Waals surface area contributed by atoms with Crippen LogP contribution in [0.1, 0.15) is 46.0 Å². The lowest BCUT2D eigenvalue weighted by molar-refractivity contribution is -0.116. The minimum Gasteiger partial charge on any atom is -0.397 e. The summed E-state index contributed by atoms with van der Waals surface area (Å²) in [6, 6.07) is 4.11. The molecule has 0 saturated carbocycles. The fourth-order valence-electron chi connectivity index (χ4n) is 2.82. The van der Waals surface area contributed by atoms with Gasteiger partial charge in [-0.2, -0.15) is 0 Å². The summed E-state index contributed by atoms with van der Waals surface area (Å²) in [5.74, 6) is -0.0122. The number of hydrogen-bond acceptors (Lipinski definition) is 3. The number of anilines is 3. The number of benzene rings is 1. The van der Waals surface area contributed by atoms with Gasteiger partial charge in [0.05, 0.1) is 22.1 Å². The molecule has 1 atom stereocenters. The van der Waals surface area contributed by atoms with Gasteiger partial charge in [0.25, 0.3) is 0 Å². The lowest BCUT2D eigenvalue weighted by Gasteiger charge is -2.36. The average Bonchev–Trinajstić information content (AvgIpc) is 2.43. The number of nitrogen functional groups attached to an aromatic ring is 1. The van der Waals surface area contributed by atoms with Crippen molar-refractivity contribution in [3.8, 4) is 0 Å². The average molecular weight is 310 g/mol. The fraction of sp³-hybridized carbons (Fsp3) is 0.562. The van der Waals surface area contributed by atoms with Crippen LogP contribution in [0.4, 0.5) is 17.1 Å². The number of rotatable bonds is 4. The zero-order valence-electron chi connectivity index (χ0n) is 12.8. The first-order valence-electron chi connectivity index (χ1n) is 7.68. The first kappa shape index (κ1) is 16.0. The second kappa shape index (κ2) is 7.03. The number of piperidine rings is 1. The van der Waals surface area contributed by atoms with Crippen molar-refractivity contribution in [2.45, 2.75) is 52.0 Å². The monoisotopic (exact) mass is 309 g/mol. The van der Waals surface area contributed by atoms with Crippen LogP contribution < -0.4 is 16.0 Å². The Balaban J connectivity index is 2.27. The molecule has 1 aliphatic rings. The lowest BCUT2D eigenvalue weighted by atomic mass is 10.0. The Hall–Kier alpha value is -1.42. The fourth-order valence-corrected chi connectivity index (χ4v) is 3.04. The van der Waals surface area contributed by atoms with E-state index in [1.807, 2.05) is 13.0 Å². The van der Waals surface area contributed by atoms with Gasteiger partial charge in [-0.1, -0.05) is 18.5 Å². The molecule has 0 aliphatic carbocycles. The topological polar surface area (TPSA) is 58.4 Å². The Morgan fingerprint density at radius 2 is 2.24 bits per heavy atom. The maximum Gasteiger partial charge on any atom is 0.224 e. The van der Waals surface area contributed by atoms with Crippen LogP contribution in [0.5, 0.6) is 0 Å². The van der Waals surface area contributed by atoms with Gasteiger partial charge in [0, 0.05) is 19.0 Å². The van der Waals surface area contributed by atoms with E-state index in [2.05, 4.69) is 17.1 Å². The SMILES string of the molecule is CCCC(=O)Nc1cc(N2CCCC[C@@H]2C)c(N)cc1Cl. The standard InChI is InChI=1S/C16H24ClN3O/c1-3-6-16(21)19-14-10-15(13(18)9-12(14)17)20-8-5-4-7-11(20)2/h9-11H,3-8,18H2,1-2H3,(H,19,21)/t11-/m0/s1. The molecule has 21 heavy (non-hydrogen) atoms. The van der Waals surface area contributed by atoms with Crippen molar-refractivity contribution in [1.29, 1.82) is 0 Å². The van der Waals surface area contributed by atoms with Crippen LogP contribution in [0, 0.1) is 0 Å². The van der Waals surface area contributed by atoms with E-state index in [4.69, 9.17) is 17.3 Å². The molecule has 1 aliphatic heterocycles. The molecule has 0 aromatic heterocycles. The third-order valence-electron chi connectivity index (χ3n) is 3.98. The van der Waals surface area contributed by atoms with Crippen LogP contribution >= 0.6 is 11.6 Å². The number of halogens is 1. The highest BCUT2D eigenvalue weighted by Crippen LogP contribution is 2.36. The maximum absolute atomic E-state index is 11.8. The number of hydrogen-bond donors (Lipinski definition) is 2. The Morgan fingerprint density at radius 3 is 2.90 bits per heavy atom. The largest absolute Gasteiger partial charge is 0.397 e. The second-order valence-corrected chi connectivity index (χ2v) is 6.13. The van der Waals surface area contributed by atoms with Crippen LogP contribution in [-0.4, -0.2) is 18.5 Å². The number of carbonyl (C=O) groups is 1. The summed E-state index contributed by atoms with van der Waals surface area (Å²) < 4.78 is 0. The van der Waals surface area contributed by atoms with Crippen LogP contribution in [0.25, 0.3) is 0 Å². The minimum atomic E-state index is -0.0122. The van der Waals surface area contributed by atoms with E-state index >= 15 is 0 Å². The normalized spacial score (nSPS) is 18.6. The van der Waals surface area contributed by atoms with Gasteiger partial charge in [-0.3, -0.25) is 4.79 Å². The van der Waals surface area contributed by atoms with Crippen molar-refractivity contribution >= 4 is 34.6 Å². The van der Waals surface area contributed by atoms with E-state index in [1.165, 1.54) is 19.3 Å². The molecule has 1 saturated heterocycles. The second-order valence-electron chi connectivity index (χ2n) is 5.73. The number of carbonyl (C=O) groups excluding carboxylic acids is 1. The maximum atomic E-state index is 11.8. The first-order chi connectivity index (χ1) is 10.0. The van der Waals surface area contributed by atoms with Gasteiger partial charge in [-0.15, -0.1) is 0 Å². The molecule has 5 heteroatoms. The molecule has 1 aromatic carbocycles. The molecular formula is C16H24ClN3O. The predicted octanol–water partition coefficient (Wildman–Crippen LogP) is 4.04. The molecule has 1 heterocycles.